The first-order chi connectivity index (χ1) is 13.1. The van der Waals surface area contributed by atoms with Gasteiger partial charge in [0.1, 0.15) is 5.75 Å². The van der Waals surface area contributed by atoms with Gasteiger partial charge in [0.25, 0.3) is 0 Å². The molecule has 0 spiro atoms. The van der Waals surface area contributed by atoms with Gasteiger partial charge < -0.3 is 19.9 Å². The first kappa shape index (κ1) is 19.4. The Morgan fingerprint density at radius 2 is 1.89 bits per heavy atom. The summed E-state index contributed by atoms with van der Waals surface area (Å²) in [6.45, 7) is 7.45. The molecule has 0 radical (unpaired) electrons. The molecular weight excluding hydrogens is 362 g/mol. The number of piperazine rings is 1. The van der Waals surface area contributed by atoms with E-state index in [4.69, 9.17) is 16.3 Å². The van der Waals surface area contributed by atoms with Crippen LogP contribution in [0.1, 0.15) is 25.5 Å². The molecule has 1 saturated heterocycles. The molecule has 0 bridgehead atoms. The van der Waals surface area contributed by atoms with Crippen molar-refractivity contribution in [2.45, 2.75) is 19.9 Å². The summed E-state index contributed by atoms with van der Waals surface area (Å²) in [5.41, 5.74) is 2.06. The summed E-state index contributed by atoms with van der Waals surface area (Å²) in [7, 11) is 0. The van der Waals surface area contributed by atoms with Gasteiger partial charge in [-0.05, 0) is 43.7 Å². The molecule has 1 aliphatic rings. The lowest BCUT2D eigenvalue weighted by Gasteiger charge is -2.37. The number of ether oxygens (including phenoxy) is 1. The fourth-order valence-corrected chi connectivity index (χ4v) is 3.51. The van der Waals surface area contributed by atoms with E-state index in [1.165, 1.54) is 0 Å². The van der Waals surface area contributed by atoms with Crippen molar-refractivity contribution in [3.05, 3.63) is 59.1 Å². The summed E-state index contributed by atoms with van der Waals surface area (Å²) in [6.07, 6.45) is 0. The molecule has 27 heavy (non-hydrogen) atoms. The third kappa shape index (κ3) is 4.86. The molecule has 0 aromatic heterocycles. The third-order valence-electron chi connectivity index (χ3n) is 4.77. The Kier molecular flexibility index (Phi) is 6.45. The number of urea groups is 1. The maximum Gasteiger partial charge on any atom is 0.317 e. The van der Waals surface area contributed by atoms with Crippen LogP contribution in [0, 0.1) is 0 Å². The molecule has 1 aliphatic heterocycles. The van der Waals surface area contributed by atoms with Gasteiger partial charge in [-0.25, -0.2) is 4.79 Å². The van der Waals surface area contributed by atoms with Crippen LogP contribution in [-0.2, 0) is 0 Å². The molecule has 5 nitrogen and oxygen atoms in total. The van der Waals surface area contributed by atoms with Crippen LogP contribution in [0.4, 0.5) is 10.5 Å². The van der Waals surface area contributed by atoms with Crippen LogP contribution in [0.5, 0.6) is 5.75 Å². The molecule has 0 saturated carbocycles. The number of rotatable bonds is 5. The predicted molar refractivity (Wildman–Crippen MR) is 110 cm³/mol. The minimum atomic E-state index is -0.0838. The van der Waals surface area contributed by atoms with Crippen molar-refractivity contribution in [3.8, 4) is 5.75 Å². The minimum absolute atomic E-state index is 0.0388. The lowest BCUT2D eigenvalue weighted by atomic mass is 10.1. The molecule has 2 amide bonds. The van der Waals surface area contributed by atoms with Gasteiger partial charge in [-0.3, -0.25) is 0 Å². The Labute approximate surface area is 165 Å². The van der Waals surface area contributed by atoms with Crippen LogP contribution in [0.3, 0.4) is 0 Å². The zero-order valence-electron chi connectivity index (χ0n) is 15.8. The second-order valence-corrected chi connectivity index (χ2v) is 7.01. The first-order valence-corrected chi connectivity index (χ1v) is 9.74. The normalized spacial score (nSPS) is 15.4. The highest BCUT2D eigenvalue weighted by Gasteiger charge is 2.23. The smallest absolute Gasteiger partial charge is 0.317 e. The molecule has 1 heterocycles. The zero-order chi connectivity index (χ0) is 19.2. The highest BCUT2D eigenvalue weighted by atomic mass is 35.5. The van der Waals surface area contributed by atoms with E-state index < -0.39 is 0 Å². The molecule has 1 unspecified atom stereocenters. The van der Waals surface area contributed by atoms with Crippen molar-refractivity contribution < 1.29 is 9.53 Å². The molecule has 2 aromatic rings. The Balaban J connectivity index is 1.55. The summed E-state index contributed by atoms with van der Waals surface area (Å²) in [4.78, 5) is 16.7. The molecule has 3 rings (SSSR count). The maximum absolute atomic E-state index is 12.6. The van der Waals surface area contributed by atoms with Crippen LogP contribution in [0.2, 0.25) is 5.02 Å². The summed E-state index contributed by atoms with van der Waals surface area (Å²) < 4.78 is 5.54. The molecule has 144 valence electrons. The minimum Gasteiger partial charge on any atom is -0.494 e. The van der Waals surface area contributed by atoms with Gasteiger partial charge >= 0.3 is 6.03 Å². The second-order valence-electron chi connectivity index (χ2n) is 6.60. The van der Waals surface area contributed by atoms with Gasteiger partial charge in [0.2, 0.25) is 0 Å². The highest BCUT2D eigenvalue weighted by Crippen LogP contribution is 2.26. The van der Waals surface area contributed by atoms with E-state index in [0.717, 1.165) is 35.1 Å². The Hall–Kier alpha value is -2.40. The van der Waals surface area contributed by atoms with Gasteiger partial charge in [0.15, 0.2) is 0 Å². The van der Waals surface area contributed by atoms with E-state index in [1.807, 2.05) is 67.3 Å². The van der Waals surface area contributed by atoms with E-state index in [-0.39, 0.29) is 12.1 Å². The highest BCUT2D eigenvalue weighted by molar-refractivity contribution is 6.33. The number of nitrogens with zero attached hydrogens (tertiary/aromatic N) is 2. The number of hydrogen-bond donors (Lipinski definition) is 1. The fraction of sp³-hybridized carbons (Fsp3) is 0.381. The van der Waals surface area contributed by atoms with E-state index in [9.17, 15) is 4.79 Å². The van der Waals surface area contributed by atoms with Crippen molar-refractivity contribution in [3.63, 3.8) is 0 Å². The lowest BCUT2D eigenvalue weighted by Crippen LogP contribution is -2.52. The Morgan fingerprint density at radius 3 is 2.59 bits per heavy atom. The predicted octanol–water partition coefficient (Wildman–Crippen LogP) is 4.33. The van der Waals surface area contributed by atoms with Crippen LogP contribution in [0.25, 0.3) is 0 Å². The quantitative estimate of drug-likeness (QED) is 0.830. The largest absolute Gasteiger partial charge is 0.494 e. The number of hydrogen-bond acceptors (Lipinski definition) is 3. The van der Waals surface area contributed by atoms with E-state index in [0.29, 0.717) is 19.7 Å². The number of amides is 2. The Bertz CT molecular complexity index is 776. The number of anilines is 1. The monoisotopic (exact) mass is 387 g/mol. The number of carbonyl (C=O) groups excluding carboxylic acids is 1. The molecular formula is C21H26ClN3O2. The maximum atomic E-state index is 12.6. The standard InChI is InChI=1S/C21H26ClN3O2/c1-3-27-18-8-6-7-17(15-18)16(2)23-21(26)25-13-11-24(12-14-25)20-10-5-4-9-19(20)22/h4-10,15-16H,3,11-14H2,1-2H3,(H,23,26). The van der Waals surface area contributed by atoms with Crippen molar-refractivity contribution >= 4 is 23.3 Å². The average Bonchev–Trinajstić information content (AvgIpc) is 2.69. The van der Waals surface area contributed by atoms with E-state index in [2.05, 4.69) is 10.2 Å². The summed E-state index contributed by atoms with van der Waals surface area (Å²) >= 11 is 6.28. The summed E-state index contributed by atoms with van der Waals surface area (Å²) in [6, 6.07) is 15.6. The number of para-hydroxylation sites is 1. The lowest BCUT2D eigenvalue weighted by molar-refractivity contribution is 0.191. The van der Waals surface area contributed by atoms with Gasteiger partial charge in [-0.15, -0.1) is 0 Å². The molecule has 0 aliphatic carbocycles. The molecule has 1 N–H and O–H groups in total. The number of nitrogens with one attached hydrogen (secondary N) is 1. The van der Waals surface area contributed by atoms with Crippen molar-refractivity contribution in [2.24, 2.45) is 0 Å². The van der Waals surface area contributed by atoms with Crippen molar-refractivity contribution in [2.75, 3.05) is 37.7 Å². The Morgan fingerprint density at radius 1 is 1.15 bits per heavy atom. The van der Waals surface area contributed by atoms with E-state index in [1.54, 1.807) is 0 Å². The van der Waals surface area contributed by atoms with Crippen LogP contribution < -0.4 is 15.0 Å². The average molecular weight is 388 g/mol. The van der Waals surface area contributed by atoms with Crippen LogP contribution in [-0.4, -0.2) is 43.7 Å². The zero-order valence-corrected chi connectivity index (χ0v) is 16.6. The van der Waals surface area contributed by atoms with Crippen molar-refractivity contribution in [1.29, 1.82) is 0 Å². The van der Waals surface area contributed by atoms with Crippen LogP contribution in [0.15, 0.2) is 48.5 Å². The van der Waals surface area contributed by atoms with Crippen molar-refractivity contribution in [1.82, 2.24) is 10.2 Å². The first-order valence-electron chi connectivity index (χ1n) is 9.36. The second kappa shape index (κ2) is 9.00. The SMILES string of the molecule is CCOc1cccc(C(C)NC(=O)N2CCN(c3ccccc3Cl)CC2)c1. The summed E-state index contributed by atoms with van der Waals surface area (Å²) in [5, 5.41) is 3.84. The van der Waals surface area contributed by atoms with Gasteiger partial charge in [0, 0.05) is 26.2 Å². The fourth-order valence-electron chi connectivity index (χ4n) is 3.26. The van der Waals surface area contributed by atoms with Crippen LogP contribution >= 0.6 is 11.6 Å². The van der Waals surface area contributed by atoms with E-state index >= 15 is 0 Å². The van der Waals surface area contributed by atoms with Gasteiger partial charge in [-0.2, -0.15) is 0 Å². The van der Waals surface area contributed by atoms with Gasteiger partial charge in [0.05, 0.1) is 23.4 Å². The molecule has 1 atom stereocenters. The van der Waals surface area contributed by atoms with Gasteiger partial charge in [-0.1, -0.05) is 35.9 Å². The molecule has 2 aromatic carbocycles. The number of benzene rings is 2. The number of halogens is 1. The molecule has 1 fully saturated rings. The molecule has 6 heteroatoms. The number of carbonyl (C=O) groups is 1. The topological polar surface area (TPSA) is 44.8 Å². The summed E-state index contributed by atoms with van der Waals surface area (Å²) in [5.74, 6) is 0.824. The third-order valence-corrected chi connectivity index (χ3v) is 5.09.